The minimum Gasteiger partial charge on any atom is -0.368 e. The first-order valence-corrected chi connectivity index (χ1v) is 8.80. The molecule has 0 amide bonds. The van der Waals surface area contributed by atoms with E-state index in [-0.39, 0.29) is 11.6 Å². The molecule has 2 aliphatic rings. The van der Waals surface area contributed by atoms with Crippen molar-refractivity contribution < 1.29 is 0 Å². The fourth-order valence-electron chi connectivity index (χ4n) is 3.64. The summed E-state index contributed by atoms with van der Waals surface area (Å²) in [5, 5.41) is 9.89. The zero-order chi connectivity index (χ0) is 16.1. The minimum absolute atomic E-state index is 0.175. The van der Waals surface area contributed by atoms with Crippen LogP contribution in [0.15, 0.2) is 5.18 Å². The van der Waals surface area contributed by atoms with E-state index in [1.54, 1.807) is 0 Å². The van der Waals surface area contributed by atoms with Gasteiger partial charge in [0.25, 0.3) is 0 Å². The Morgan fingerprint density at radius 3 is 1.65 bits per heavy atom. The molecule has 0 aromatic carbocycles. The number of nitrogens with two attached hydrogens (primary N) is 1. The minimum atomic E-state index is 0.175. The molecule has 0 bridgehead atoms. The molecular weight excluding hydrogens is 292 g/mol. The summed E-state index contributed by atoms with van der Waals surface area (Å²) in [4.78, 5) is 19.8. The predicted molar refractivity (Wildman–Crippen MR) is 92.9 cm³/mol. The Bertz CT molecular complexity index is 496. The van der Waals surface area contributed by atoms with Crippen molar-refractivity contribution in [1.82, 2.24) is 9.97 Å². The SMILES string of the molecule is Nc1nc(NC2CCCCC2)c(N=O)c(NC2CCCCC2)n1. The number of rotatable bonds is 5. The lowest BCUT2D eigenvalue weighted by Gasteiger charge is -2.26. The normalized spacial score (nSPS) is 20.2. The first-order valence-electron chi connectivity index (χ1n) is 8.80. The highest BCUT2D eigenvalue weighted by atomic mass is 16.3. The molecule has 1 heterocycles. The summed E-state index contributed by atoms with van der Waals surface area (Å²) in [7, 11) is 0. The molecule has 23 heavy (non-hydrogen) atoms. The van der Waals surface area contributed by atoms with Crippen molar-refractivity contribution in [2.75, 3.05) is 16.4 Å². The van der Waals surface area contributed by atoms with Crippen molar-refractivity contribution in [2.45, 2.75) is 76.3 Å². The predicted octanol–water partition coefficient (Wildman–Crippen LogP) is 3.95. The van der Waals surface area contributed by atoms with Gasteiger partial charge < -0.3 is 16.4 Å². The summed E-state index contributed by atoms with van der Waals surface area (Å²) < 4.78 is 0. The van der Waals surface area contributed by atoms with Gasteiger partial charge in [0.2, 0.25) is 5.95 Å². The van der Waals surface area contributed by atoms with E-state index in [2.05, 4.69) is 25.8 Å². The van der Waals surface area contributed by atoms with E-state index < -0.39 is 0 Å². The van der Waals surface area contributed by atoms with Crippen molar-refractivity contribution in [3.8, 4) is 0 Å². The maximum atomic E-state index is 11.4. The molecule has 0 atom stereocenters. The third-order valence-corrected chi connectivity index (χ3v) is 4.88. The van der Waals surface area contributed by atoms with Gasteiger partial charge in [-0.2, -0.15) is 9.97 Å². The number of nitrogen functional groups attached to an aromatic ring is 1. The van der Waals surface area contributed by atoms with Crippen LogP contribution in [-0.2, 0) is 0 Å². The second-order valence-electron chi connectivity index (χ2n) is 6.68. The highest BCUT2D eigenvalue weighted by Crippen LogP contribution is 2.34. The van der Waals surface area contributed by atoms with Gasteiger partial charge in [0.05, 0.1) is 0 Å². The molecule has 126 valence electrons. The molecule has 4 N–H and O–H groups in total. The van der Waals surface area contributed by atoms with Gasteiger partial charge in [0.15, 0.2) is 17.3 Å². The lowest BCUT2D eigenvalue weighted by molar-refractivity contribution is 0.460. The van der Waals surface area contributed by atoms with Gasteiger partial charge in [-0.1, -0.05) is 38.5 Å². The number of hydrogen-bond donors (Lipinski definition) is 3. The summed E-state index contributed by atoms with van der Waals surface area (Å²) in [5.41, 5.74) is 6.11. The number of nitrogens with zero attached hydrogens (tertiary/aromatic N) is 3. The maximum absolute atomic E-state index is 11.4. The Balaban J connectivity index is 1.79. The molecule has 7 nitrogen and oxygen atoms in total. The lowest BCUT2D eigenvalue weighted by atomic mass is 9.95. The van der Waals surface area contributed by atoms with Crippen LogP contribution in [0, 0.1) is 4.91 Å². The molecule has 0 unspecified atom stereocenters. The molecule has 2 aliphatic carbocycles. The van der Waals surface area contributed by atoms with Gasteiger partial charge in [0.1, 0.15) is 0 Å². The Morgan fingerprint density at radius 2 is 1.26 bits per heavy atom. The van der Waals surface area contributed by atoms with Crippen LogP contribution in [0.3, 0.4) is 0 Å². The number of hydrogen-bond acceptors (Lipinski definition) is 7. The Hall–Kier alpha value is -1.92. The number of anilines is 3. The zero-order valence-corrected chi connectivity index (χ0v) is 13.6. The van der Waals surface area contributed by atoms with Crippen molar-refractivity contribution in [2.24, 2.45) is 5.18 Å². The van der Waals surface area contributed by atoms with Crippen LogP contribution in [-0.4, -0.2) is 22.1 Å². The topological polar surface area (TPSA) is 105 Å². The fraction of sp³-hybridized carbons (Fsp3) is 0.750. The summed E-state index contributed by atoms with van der Waals surface area (Å²) >= 11 is 0. The fourth-order valence-corrected chi connectivity index (χ4v) is 3.64. The lowest BCUT2D eigenvalue weighted by Crippen LogP contribution is -2.25. The van der Waals surface area contributed by atoms with Crippen LogP contribution in [0.2, 0.25) is 0 Å². The molecule has 2 saturated carbocycles. The molecule has 2 fully saturated rings. The third-order valence-electron chi connectivity index (χ3n) is 4.88. The van der Waals surface area contributed by atoms with Crippen LogP contribution in [0.5, 0.6) is 0 Å². The van der Waals surface area contributed by atoms with Gasteiger partial charge >= 0.3 is 0 Å². The number of nitroso groups, excluding NO2 is 1. The van der Waals surface area contributed by atoms with E-state index in [0.717, 1.165) is 25.7 Å². The molecule has 0 aliphatic heterocycles. The van der Waals surface area contributed by atoms with Crippen molar-refractivity contribution in [3.63, 3.8) is 0 Å². The summed E-state index contributed by atoms with van der Waals surface area (Å²) in [6.45, 7) is 0. The van der Waals surface area contributed by atoms with Crippen LogP contribution in [0.25, 0.3) is 0 Å². The quantitative estimate of drug-likeness (QED) is 0.710. The van der Waals surface area contributed by atoms with E-state index in [0.29, 0.717) is 23.7 Å². The van der Waals surface area contributed by atoms with Crippen molar-refractivity contribution in [1.29, 1.82) is 0 Å². The molecule has 3 rings (SSSR count). The average Bonchev–Trinajstić information content (AvgIpc) is 2.56. The van der Waals surface area contributed by atoms with Gasteiger partial charge in [-0.15, -0.1) is 4.91 Å². The Morgan fingerprint density at radius 1 is 0.826 bits per heavy atom. The van der Waals surface area contributed by atoms with Crippen LogP contribution >= 0.6 is 0 Å². The van der Waals surface area contributed by atoms with Crippen molar-refractivity contribution >= 4 is 23.3 Å². The van der Waals surface area contributed by atoms with E-state index in [4.69, 9.17) is 5.73 Å². The zero-order valence-electron chi connectivity index (χ0n) is 13.6. The highest BCUT2D eigenvalue weighted by Gasteiger charge is 2.22. The van der Waals surface area contributed by atoms with Gasteiger partial charge in [-0.3, -0.25) is 0 Å². The standard InChI is InChI=1S/C16H26N6O/c17-16-20-14(18-11-7-3-1-4-8-11)13(22-23)15(21-16)19-12-9-5-2-6-10-12/h11-12H,1-10H2,(H4,17,18,19,20,21). The second-order valence-corrected chi connectivity index (χ2v) is 6.68. The Kier molecular flexibility index (Phi) is 5.25. The average molecular weight is 318 g/mol. The Labute approximate surface area is 136 Å². The van der Waals surface area contributed by atoms with Gasteiger partial charge in [0, 0.05) is 12.1 Å². The number of nitrogens with one attached hydrogen (secondary N) is 2. The third kappa shape index (κ3) is 4.09. The van der Waals surface area contributed by atoms with Crippen LogP contribution < -0.4 is 16.4 Å². The molecule has 0 radical (unpaired) electrons. The molecule has 1 aromatic heterocycles. The number of aromatic nitrogens is 2. The van der Waals surface area contributed by atoms with E-state index in [9.17, 15) is 4.91 Å². The summed E-state index contributed by atoms with van der Waals surface area (Å²) in [5.74, 6) is 1.12. The van der Waals surface area contributed by atoms with E-state index in [1.807, 2.05) is 0 Å². The van der Waals surface area contributed by atoms with E-state index >= 15 is 0 Å². The van der Waals surface area contributed by atoms with Crippen LogP contribution in [0.4, 0.5) is 23.3 Å². The second kappa shape index (κ2) is 7.57. The van der Waals surface area contributed by atoms with Crippen molar-refractivity contribution in [3.05, 3.63) is 4.91 Å². The van der Waals surface area contributed by atoms with E-state index in [1.165, 1.54) is 38.5 Å². The molecule has 0 saturated heterocycles. The molecule has 7 heteroatoms. The maximum Gasteiger partial charge on any atom is 0.224 e. The highest BCUT2D eigenvalue weighted by molar-refractivity contribution is 5.75. The molecule has 1 aromatic rings. The smallest absolute Gasteiger partial charge is 0.224 e. The van der Waals surface area contributed by atoms with Gasteiger partial charge in [-0.05, 0) is 30.9 Å². The molecule has 0 spiro atoms. The summed E-state index contributed by atoms with van der Waals surface area (Å²) in [6, 6.07) is 0.669. The van der Waals surface area contributed by atoms with Gasteiger partial charge in [-0.25, -0.2) is 0 Å². The first-order chi connectivity index (χ1) is 11.3. The largest absolute Gasteiger partial charge is 0.368 e. The van der Waals surface area contributed by atoms with Crippen LogP contribution in [0.1, 0.15) is 64.2 Å². The monoisotopic (exact) mass is 318 g/mol. The first kappa shape index (κ1) is 16.0. The summed E-state index contributed by atoms with van der Waals surface area (Å²) in [6.07, 6.45) is 11.7. The molecular formula is C16H26N6O.